The molecular formula is C8H17NO. The number of likely N-dealkylation sites (N-methyl/N-ethyl adjacent to an activating group) is 1. The van der Waals surface area contributed by atoms with Crippen molar-refractivity contribution in [2.24, 2.45) is 5.92 Å². The molecule has 1 aliphatic rings. The van der Waals surface area contributed by atoms with Crippen LogP contribution in [0.5, 0.6) is 0 Å². The summed E-state index contributed by atoms with van der Waals surface area (Å²) in [6.07, 6.45) is 0.867. The number of β-amino-alcohol motifs (C(OH)–C–C–N with tert-alkyl or cyclic N) is 1. The number of aliphatic hydroxyl groups excluding tert-OH is 1. The van der Waals surface area contributed by atoms with E-state index in [0.29, 0.717) is 12.0 Å². The summed E-state index contributed by atoms with van der Waals surface area (Å²) in [4.78, 5) is 2.25. The second-order valence-electron chi connectivity index (χ2n) is 3.64. The fourth-order valence-electron chi connectivity index (χ4n) is 1.78. The van der Waals surface area contributed by atoms with Crippen LogP contribution in [0.2, 0.25) is 0 Å². The topological polar surface area (TPSA) is 23.5 Å². The summed E-state index contributed by atoms with van der Waals surface area (Å²) < 4.78 is 0. The van der Waals surface area contributed by atoms with Gasteiger partial charge in [-0.25, -0.2) is 0 Å². The molecule has 60 valence electrons. The smallest absolute Gasteiger partial charge is 0.0682 e. The molecular weight excluding hydrogens is 126 g/mol. The van der Waals surface area contributed by atoms with Crippen LogP contribution in [0.1, 0.15) is 20.3 Å². The first-order valence-electron chi connectivity index (χ1n) is 3.99. The molecule has 0 aromatic rings. The van der Waals surface area contributed by atoms with Gasteiger partial charge in [-0.15, -0.1) is 0 Å². The normalized spacial score (nSPS) is 35.7. The Balaban J connectivity index is 2.46. The second kappa shape index (κ2) is 2.89. The SMILES string of the molecule is CC(C)[C@H]1C[C@H](O)CN1C. The van der Waals surface area contributed by atoms with Crippen molar-refractivity contribution in [3.8, 4) is 0 Å². The highest BCUT2D eigenvalue weighted by Crippen LogP contribution is 2.21. The minimum absolute atomic E-state index is 0.0857. The summed E-state index contributed by atoms with van der Waals surface area (Å²) in [5.74, 6) is 0.669. The molecule has 0 saturated carbocycles. The number of likely N-dealkylation sites (tertiary alicyclic amines) is 1. The van der Waals surface area contributed by atoms with Gasteiger partial charge in [0.15, 0.2) is 0 Å². The predicted molar refractivity (Wildman–Crippen MR) is 41.9 cm³/mol. The molecule has 1 aliphatic heterocycles. The van der Waals surface area contributed by atoms with E-state index in [9.17, 15) is 5.11 Å². The molecule has 1 heterocycles. The van der Waals surface area contributed by atoms with E-state index < -0.39 is 0 Å². The maximum atomic E-state index is 9.28. The first-order valence-corrected chi connectivity index (χ1v) is 3.99. The van der Waals surface area contributed by atoms with Gasteiger partial charge in [-0.1, -0.05) is 13.8 Å². The molecule has 2 heteroatoms. The van der Waals surface area contributed by atoms with Crippen molar-refractivity contribution in [2.45, 2.75) is 32.4 Å². The third-order valence-corrected chi connectivity index (χ3v) is 2.35. The second-order valence-corrected chi connectivity index (χ2v) is 3.64. The number of aliphatic hydroxyl groups is 1. The Labute approximate surface area is 62.8 Å². The lowest BCUT2D eigenvalue weighted by atomic mass is 10.0. The van der Waals surface area contributed by atoms with Crippen molar-refractivity contribution < 1.29 is 5.11 Å². The highest BCUT2D eigenvalue weighted by atomic mass is 16.3. The lowest BCUT2D eigenvalue weighted by Gasteiger charge is -2.22. The largest absolute Gasteiger partial charge is 0.392 e. The third kappa shape index (κ3) is 1.50. The van der Waals surface area contributed by atoms with Gasteiger partial charge in [-0.2, -0.15) is 0 Å². The van der Waals surface area contributed by atoms with Crippen molar-refractivity contribution in [3.05, 3.63) is 0 Å². The van der Waals surface area contributed by atoms with Crippen molar-refractivity contribution in [1.29, 1.82) is 0 Å². The first-order chi connectivity index (χ1) is 4.61. The van der Waals surface area contributed by atoms with E-state index in [1.165, 1.54) is 0 Å². The zero-order valence-electron chi connectivity index (χ0n) is 7.04. The van der Waals surface area contributed by atoms with Gasteiger partial charge in [0.1, 0.15) is 0 Å². The molecule has 1 fully saturated rings. The molecule has 0 spiro atoms. The number of hydrogen-bond donors (Lipinski definition) is 1. The molecule has 2 atom stereocenters. The molecule has 1 saturated heterocycles. The van der Waals surface area contributed by atoms with E-state index in [-0.39, 0.29) is 6.10 Å². The van der Waals surface area contributed by atoms with Gasteiger partial charge in [-0.3, -0.25) is 0 Å². The van der Waals surface area contributed by atoms with Crippen LogP contribution in [0.4, 0.5) is 0 Å². The molecule has 0 unspecified atom stereocenters. The fourth-order valence-corrected chi connectivity index (χ4v) is 1.78. The van der Waals surface area contributed by atoms with Gasteiger partial charge in [0.25, 0.3) is 0 Å². The van der Waals surface area contributed by atoms with Crippen LogP contribution in [0.3, 0.4) is 0 Å². The van der Waals surface area contributed by atoms with Crippen LogP contribution < -0.4 is 0 Å². The summed E-state index contributed by atoms with van der Waals surface area (Å²) >= 11 is 0. The van der Waals surface area contributed by atoms with Crippen molar-refractivity contribution in [3.63, 3.8) is 0 Å². The fraction of sp³-hybridized carbons (Fsp3) is 1.00. The van der Waals surface area contributed by atoms with Gasteiger partial charge in [0, 0.05) is 12.6 Å². The molecule has 0 radical (unpaired) electrons. The van der Waals surface area contributed by atoms with E-state index >= 15 is 0 Å². The summed E-state index contributed by atoms with van der Waals surface area (Å²) in [6, 6.07) is 0.593. The third-order valence-electron chi connectivity index (χ3n) is 2.35. The minimum Gasteiger partial charge on any atom is -0.392 e. The lowest BCUT2D eigenvalue weighted by Crippen LogP contribution is -2.29. The Kier molecular flexibility index (Phi) is 2.32. The van der Waals surface area contributed by atoms with E-state index in [1.54, 1.807) is 0 Å². The van der Waals surface area contributed by atoms with Gasteiger partial charge >= 0.3 is 0 Å². The van der Waals surface area contributed by atoms with E-state index in [4.69, 9.17) is 0 Å². The Morgan fingerprint density at radius 2 is 2.10 bits per heavy atom. The van der Waals surface area contributed by atoms with Gasteiger partial charge in [0.2, 0.25) is 0 Å². The van der Waals surface area contributed by atoms with Crippen molar-refractivity contribution >= 4 is 0 Å². The monoisotopic (exact) mass is 143 g/mol. The van der Waals surface area contributed by atoms with Gasteiger partial charge in [-0.05, 0) is 19.4 Å². The van der Waals surface area contributed by atoms with Gasteiger partial charge < -0.3 is 10.0 Å². The quantitative estimate of drug-likeness (QED) is 0.584. The maximum absolute atomic E-state index is 9.28. The molecule has 2 nitrogen and oxygen atoms in total. The number of nitrogens with zero attached hydrogens (tertiary/aromatic N) is 1. The molecule has 0 amide bonds. The predicted octanol–water partition coefficient (Wildman–Crippen LogP) is 0.707. The molecule has 0 aromatic heterocycles. The molecule has 0 aromatic carbocycles. The minimum atomic E-state index is -0.0857. The zero-order valence-corrected chi connectivity index (χ0v) is 7.04. The standard InChI is InChI=1S/C8H17NO/c1-6(2)8-4-7(10)5-9(8)3/h6-8,10H,4-5H2,1-3H3/t7-,8+/m0/s1. The number of hydrogen-bond acceptors (Lipinski definition) is 2. The van der Waals surface area contributed by atoms with Gasteiger partial charge in [0.05, 0.1) is 6.10 Å². The van der Waals surface area contributed by atoms with Crippen LogP contribution >= 0.6 is 0 Å². The first kappa shape index (κ1) is 8.02. The zero-order chi connectivity index (χ0) is 7.72. The molecule has 1 N–H and O–H groups in total. The maximum Gasteiger partial charge on any atom is 0.0682 e. The number of rotatable bonds is 1. The van der Waals surface area contributed by atoms with E-state index in [0.717, 1.165) is 13.0 Å². The van der Waals surface area contributed by atoms with Crippen LogP contribution in [0, 0.1) is 5.92 Å². The Morgan fingerprint density at radius 1 is 1.50 bits per heavy atom. The highest BCUT2D eigenvalue weighted by molar-refractivity contribution is 4.84. The van der Waals surface area contributed by atoms with Crippen LogP contribution in [0.15, 0.2) is 0 Å². The Morgan fingerprint density at radius 3 is 2.30 bits per heavy atom. The Hall–Kier alpha value is -0.0800. The molecule has 0 aliphatic carbocycles. The average Bonchev–Trinajstić information content (AvgIpc) is 2.10. The average molecular weight is 143 g/mol. The van der Waals surface area contributed by atoms with Crippen molar-refractivity contribution in [2.75, 3.05) is 13.6 Å². The van der Waals surface area contributed by atoms with E-state index in [1.807, 2.05) is 0 Å². The lowest BCUT2D eigenvalue weighted by molar-refractivity contribution is 0.182. The summed E-state index contributed by atoms with van der Waals surface area (Å²) in [6.45, 7) is 5.27. The van der Waals surface area contributed by atoms with Crippen LogP contribution in [0.25, 0.3) is 0 Å². The van der Waals surface area contributed by atoms with Crippen molar-refractivity contribution in [1.82, 2.24) is 4.90 Å². The molecule has 1 rings (SSSR count). The Bertz CT molecular complexity index is 114. The summed E-state index contributed by atoms with van der Waals surface area (Å²) in [7, 11) is 2.08. The van der Waals surface area contributed by atoms with E-state index in [2.05, 4.69) is 25.8 Å². The highest BCUT2D eigenvalue weighted by Gasteiger charge is 2.29. The summed E-state index contributed by atoms with van der Waals surface area (Å²) in [5.41, 5.74) is 0. The molecule has 10 heavy (non-hydrogen) atoms. The molecule has 0 bridgehead atoms. The van der Waals surface area contributed by atoms with Crippen LogP contribution in [-0.4, -0.2) is 35.7 Å². The van der Waals surface area contributed by atoms with Crippen LogP contribution in [-0.2, 0) is 0 Å². The summed E-state index contributed by atoms with van der Waals surface area (Å²) in [5, 5.41) is 9.28.